The SMILES string of the molecule is CCC1CCCC(N)(C2CCc3cccnc32)CC1. The number of aromatic nitrogens is 1. The summed E-state index contributed by atoms with van der Waals surface area (Å²) < 4.78 is 0. The second-order valence-electron chi connectivity index (χ2n) is 6.58. The van der Waals surface area contributed by atoms with Gasteiger partial charge in [0.25, 0.3) is 0 Å². The van der Waals surface area contributed by atoms with Crippen LogP contribution in [-0.4, -0.2) is 10.5 Å². The van der Waals surface area contributed by atoms with E-state index in [4.69, 9.17) is 5.73 Å². The fourth-order valence-electron chi connectivity index (χ4n) is 4.19. The van der Waals surface area contributed by atoms with E-state index in [0.717, 1.165) is 5.92 Å². The van der Waals surface area contributed by atoms with E-state index in [9.17, 15) is 0 Å². The highest BCUT2D eigenvalue weighted by Gasteiger charge is 2.41. The molecule has 0 bridgehead atoms. The smallest absolute Gasteiger partial charge is 0.0484 e. The number of fused-ring (bicyclic) bond motifs is 1. The molecular weight excluding hydrogens is 232 g/mol. The Kier molecular flexibility index (Phi) is 3.62. The molecular formula is C17H26N2. The van der Waals surface area contributed by atoms with Crippen molar-refractivity contribution in [2.45, 2.75) is 69.7 Å². The standard InChI is InChI=1S/C17H26N2/c1-2-13-5-3-10-17(18,11-9-13)15-8-7-14-6-4-12-19-16(14)15/h4,6,12-13,15H,2-3,5,7-11,18H2,1H3. The molecule has 1 fully saturated rings. The number of nitrogens with two attached hydrogens (primary N) is 1. The van der Waals surface area contributed by atoms with Gasteiger partial charge < -0.3 is 5.73 Å². The minimum atomic E-state index is 0.00350. The van der Waals surface area contributed by atoms with Gasteiger partial charge >= 0.3 is 0 Å². The molecule has 0 amide bonds. The number of hydrogen-bond acceptors (Lipinski definition) is 2. The van der Waals surface area contributed by atoms with Crippen LogP contribution in [0.25, 0.3) is 0 Å². The molecule has 19 heavy (non-hydrogen) atoms. The lowest BCUT2D eigenvalue weighted by molar-refractivity contribution is 0.292. The first-order valence-corrected chi connectivity index (χ1v) is 7.95. The molecule has 0 saturated heterocycles. The maximum atomic E-state index is 6.86. The Bertz CT molecular complexity index is 443. The Balaban J connectivity index is 1.82. The van der Waals surface area contributed by atoms with E-state index in [2.05, 4.69) is 24.0 Å². The summed E-state index contributed by atoms with van der Waals surface area (Å²) in [5.74, 6) is 1.40. The highest BCUT2D eigenvalue weighted by atomic mass is 14.8. The van der Waals surface area contributed by atoms with Crippen LogP contribution in [0.15, 0.2) is 18.3 Å². The molecule has 0 spiro atoms. The van der Waals surface area contributed by atoms with E-state index in [0.29, 0.717) is 5.92 Å². The van der Waals surface area contributed by atoms with E-state index >= 15 is 0 Å². The van der Waals surface area contributed by atoms with Crippen molar-refractivity contribution >= 4 is 0 Å². The number of hydrogen-bond donors (Lipinski definition) is 1. The van der Waals surface area contributed by atoms with Gasteiger partial charge in [-0.25, -0.2) is 0 Å². The second kappa shape index (κ2) is 5.24. The minimum absolute atomic E-state index is 0.00350. The second-order valence-corrected chi connectivity index (χ2v) is 6.58. The van der Waals surface area contributed by atoms with Gasteiger partial charge in [0.15, 0.2) is 0 Å². The van der Waals surface area contributed by atoms with Crippen LogP contribution in [0, 0.1) is 5.92 Å². The van der Waals surface area contributed by atoms with Crippen molar-refractivity contribution in [3.8, 4) is 0 Å². The van der Waals surface area contributed by atoms with Gasteiger partial charge in [0.2, 0.25) is 0 Å². The molecule has 2 nitrogen and oxygen atoms in total. The number of nitrogens with zero attached hydrogens (tertiary/aromatic N) is 1. The van der Waals surface area contributed by atoms with Gasteiger partial charge in [-0.3, -0.25) is 4.98 Å². The van der Waals surface area contributed by atoms with Gasteiger partial charge in [0, 0.05) is 23.3 Å². The fourth-order valence-corrected chi connectivity index (χ4v) is 4.19. The molecule has 1 saturated carbocycles. The van der Waals surface area contributed by atoms with Crippen LogP contribution >= 0.6 is 0 Å². The fraction of sp³-hybridized carbons (Fsp3) is 0.706. The van der Waals surface area contributed by atoms with Gasteiger partial charge in [-0.2, -0.15) is 0 Å². The molecule has 3 unspecified atom stereocenters. The first-order chi connectivity index (χ1) is 9.23. The molecule has 0 aromatic carbocycles. The zero-order valence-corrected chi connectivity index (χ0v) is 12.1. The normalized spacial score (nSPS) is 34.8. The highest BCUT2D eigenvalue weighted by molar-refractivity contribution is 5.32. The van der Waals surface area contributed by atoms with E-state index < -0.39 is 0 Å². The third kappa shape index (κ3) is 2.43. The Morgan fingerprint density at radius 2 is 2.21 bits per heavy atom. The number of pyridine rings is 1. The quantitative estimate of drug-likeness (QED) is 0.819. The van der Waals surface area contributed by atoms with Gasteiger partial charge in [-0.1, -0.05) is 32.3 Å². The monoisotopic (exact) mass is 258 g/mol. The van der Waals surface area contributed by atoms with E-state index in [1.807, 2.05) is 6.20 Å². The predicted octanol–water partition coefficient (Wildman–Crippen LogP) is 3.80. The van der Waals surface area contributed by atoms with Crippen molar-refractivity contribution < 1.29 is 0 Å². The Morgan fingerprint density at radius 3 is 3.05 bits per heavy atom. The van der Waals surface area contributed by atoms with Crippen molar-refractivity contribution in [2.75, 3.05) is 0 Å². The van der Waals surface area contributed by atoms with Crippen molar-refractivity contribution in [3.05, 3.63) is 29.6 Å². The first-order valence-electron chi connectivity index (χ1n) is 7.95. The molecule has 3 atom stereocenters. The van der Waals surface area contributed by atoms with Gasteiger partial charge in [0.05, 0.1) is 0 Å². The molecule has 0 radical (unpaired) electrons. The maximum absolute atomic E-state index is 6.86. The summed E-state index contributed by atoms with van der Waals surface area (Å²) in [6, 6.07) is 4.29. The predicted molar refractivity (Wildman–Crippen MR) is 79.1 cm³/mol. The Morgan fingerprint density at radius 1 is 1.32 bits per heavy atom. The van der Waals surface area contributed by atoms with Crippen molar-refractivity contribution in [1.82, 2.24) is 4.98 Å². The van der Waals surface area contributed by atoms with Gasteiger partial charge in [0.1, 0.15) is 0 Å². The molecule has 1 aromatic heterocycles. The summed E-state index contributed by atoms with van der Waals surface area (Å²) >= 11 is 0. The molecule has 1 aromatic rings. The summed E-state index contributed by atoms with van der Waals surface area (Å²) in [6.07, 6.45) is 12.0. The van der Waals surface area contributed by atoms with E-state index in [1.54, 1.807) is 0 Å². The largest absolute Gasteiger partial charge is 0.324 e. The minimum Gasteiger partial charge on any atom is -0.324 e. The first kappa shape index (κ1) is 13.1. The molecule has 2 aliphatic carbocycles. The van der Waals surface area contributed by atoms with Crippen LogP contribution in [0.5, 0.6) is 0 Å². The van der Waals surface area contributed by atoms with Gasteiger partial charge in [-0.15, -0.1) is 0 Å². The van der Waals surface area contributed by atoms with Crippen LogP contribution in [-0.2, 0) is 6.42 Å². The molecule has 2 heteroatoms. The Hall–Kier alpha value is -0.890. The van der Waals surface area contributed by atoms with Crippen molar-refractivity contribution in [1.29, 1.82) is 0 Å². The molecule has 0 aliphatic heterocycles. The summed E-state index contributed by atoms with van der Waals surface area (Å²) in [5, 5.41) is 0. The third-order valence-corrected chi connectivity index (χ3v) is 5.50. The zero-order valence-electron chi connectivity index (χ0n) is 12.1. The maximum Gasteiger partial charge on any atom is 0.0484 e. The summed E-state index contributed by atoms with van der Waals surface area (Å²) in [6.45, 7) is 2.32. The zero-order chi connectivity index (χ0) is 13.3. The number of rotatable bonds is 2. The highest BCUT2D eigenvalue weighted by Crippen LogP contribution is 2.45. The lowest BCUT2D eigenvalue weighted by atomic mass is 9.77. The van der Waals surface area contributed by atoms with Crippen LogP contribution < -0.4 is 5.73 Å². The van der Waals surface area contributed by atoms with Crippen LogP contribution in [0.2, 0.25) is 0 Å². The molecule has 2 aliphatic rings. The summed E-state index contributed by atoms with van der Waals surface area (Å²) in [4.78, 5) is 4.65. The molecule has 3 rings (SSSR count). The lowest BCUT2D eigenvalue weighted by Gasteiger charge is -2.35. The molecule has 1 heterocycles. The van der Waals surface area contributed by atoms with Crippen molar-refractivity contribution in [2.24, 2.45) is 11.7 Å². The van der Waals surface area contributed by atoms with Crippen molar-refractivity contribution in [3.63, 3.8) is 0 Å². The Labute approximate surface area is 116 Å². The van der Waals surface area contributed by atoms with E-state index in [1.165, 1.54) is 62.6 Å². The van der Waals surface area contributed by atoms with Crippen LogP contribution in [0.3, 0.4) is 0 Å². The third-order valence-electron chi connectivity index (χ3n) is 5.50. The lowest BCUT2D eigenvalue weighted by Crippen LogP contribution is -2.45. The molecule has 104 valence electrons. The summed E-state index contributed by atoms with van der Waals surface area (Å²) in [5.41, 5.74) is 9.60. The topological polar surface area (TPSA) is 38.9 Å². The van der Waals surface area contributed by atoms with E-state index in [-0.39, 0.29) is 5.54 Å². The van der Waals surface area contributed by atoms with Crippen LogP contribution in [0.4, 0.5) is 0 Å². The molecule has 2 N–H and O–H groups in total. The number of aryl methyl sites for hydroxylation is 1. The average molecular weight is 258 g/mol. The van der Waals surface area contributed by atoms with Crippen LogP contribution in [0.1, 0.15) is 69.0 Å². The van der Waals surface area contributed by atoms with Gasteiger partial charge in [-0.05, 0) is 49.7 Å². The average Bonchev–Trinajstić information content (AvgIpc) is 2.78. The summed E-state index contributed by atoms with van der Waals surface area (Å²) in [7, 11) is 0.